The fourth-order valence-corrected chi connectivity index (χ4v) is 10.2. The molecule has 3 aliphatic rings. The van der Waals surface area contributed by atoms with Crippen molar-refractivity contribution in [3.63, 3.8) is 0 Å². The lowest BCUT2D eigenvalue weighted by molar-refractivity contribution is -0.172. The van der Waals surface area contributed by atoms with E-state index in [-0.39, 0.29) is 81.0 Å². The molecular weight excluding hydrogens is 1200 g/mol. The highest BCUT2D eigenvalue weighted by atomic mass is 31.2. The second-order valence-corrected chi connectivity index (χ2v) is 22.1. The summed E-state index contributed by atoms with van der Waals surface area (Å²) < 4.78 is 57.4. The van der Waals surface area contributed by atoms with Gasteiger partial charge in [-0.05, 0) is 107 Å². The minimum Gasteiger partial charge on any atom is -0.491 e. The van der Waals surface area contributed by atoms with Crippen LogP contribution in [0.2, 0.25) is 0 Å². The fraction of sp³-hybridized carbons (Fsp3) is 0.435. The molecule has 4 aromatic rings. The zero-order valence-electron chi connectivity index (χ0n) is 51.6. The maximum atomic E-state index is 14.3. The van der Waals surface area contributed by atoms with E-state index in [1.165, 1.54) is 6.07 Å². The molecule has 486 valence electrons. The fourth-order valence-electron chi connectivity index (χ4n) is 9.89. The average Bonchev–Trinajstić information content (AvgIpc) is 1.20. The van der Waals surface area contributed by atoms with E-state index in [0.29, 0.717) is 43.0 Å². The Hall–Kier alpha value is -8.71. The van der Waals surface area contributed by atoms with Gasteiger partial charge >= 0.3 is 13.5 Å². The van der Waals surface area contributed by atoms with E-state index >= 15 is 0 Å². The van der Waals surface area contributed by atoms with Gasteiger partial charge in [0.1, 0.15) is 48.2 Å². The van der Waals surface area contributed by atoms with E-state index < -0.39 is 75.1 Å². The number of H-pyrrole nitrogens is 1. The summed E-state index contributed by atoms with van der Waals surface area (Å²) in [7, 11) is -3.15. The van der Waals surface area contributed by atoms with Crippen LogP contribution in [0.3, 0.4) is 0 Å². The Bertz CT molecular complexity index is 3870. The van der Waals surface area contributed by atoms with E-state index in [2.05, 4.69) is 69.8 Å². The third-order valence-corrected chi connectivity index (χ3v) is 14.6. The number of aromatic nitrogens is 2. The van der Waals surface area contributed by atoms with Crippen LogP contribution in [-0.2, 0) is 42.4 Å². The number of anilines is 1. The Morgan fingerprint density at radius 3 is 2.51 bits per heavy atom. The van der Waals surface area contributed by atoms with Gasteiger partial charge in [-0.3, -0.25) is 43.0 Å². The quantitative estimate of drug-likeness (QED) is 0.00383. The van der Waals surface area contributed by atoms with Gasteiger partial charge in [-0.25, -0.2) is 9.36 Å². The van der Waals surface area contributed by atoms with Gasteiger partial charge in [-0.1, -0.05) is 41.2 Å². The number of amides is 4. The van der Waals surface area contributed by atoms with Crippen molar-refractivity contribution in [2.24, 2.45) is 10.1 Å². The molecule has 0 radical (unpaired) electrons. The largest absolute Gasteiger partial charge is 0.491 e. The summed E-state index contributed by atoms with van der Waals surface area (Å²) in [5, 5.41) is 16.8. The number of nitrogens with zero attached hydrogens (tertiary/aromatic N) is 6. The number of phosphoric ester groups is 1. The van der Waals surface area contributed by atoms with Gasteiger partial charge in [-0.15, -0.1) is 0 Å². The summed E-state index contributed by atoms with van der Waals surface area (Å²) in [6.45, 7) is 12.1. The smallest absolute Gasteiger partial charge is 0.469 e. The summed E-state index contributed by atoms with van der Waals surface area (Å²) in [6.07, 6.45) is -3.02. The molecule has 0 spiro atoms. The summed E-state index contributed by atoms with van der Waals surface area (Å²) in [5.41, 5.74) is 14.2. The molecule has 2 aliphatic heterocycles. The van der Waals surface area contributed by atoms with Gasteiger partial charge in [0.05, 0.1) is 37.8 Å². The van der Waals surface area contributed by atoms with Crippen LogP contribution in [0.15, 0.2) is 103 Å². The van der Waals surface area contributed by atoms with E-state index in [9.17, 15) is 43.1 Å². The molecule has 4 amide bonds. The highest BCUT2D eigenvalue weighted by Crippen LogP contribution is 2.43. The second-order valence-electron chi connectivity index (χ2n) is 20.8. The van der Waals surface area contributed by atoms with Crippen molar-refractivity contribution in [3.8, 4) is 40.0 Å². The topological polar surface area (TPSA) is 371 Å². The van der Waals surface area contributed by atoms with Crippen LogP contribution in [0.4, 0.5) is 5.69 Å². The van der Waals surface area contributed by atoms with Gasteiger partial charge in [0.15, 0.2) is 12.5 Å². The molecule has 0 saturated carbocycles. The summed E-state index contributed by atoms with van der Waals surface area (Å²) in [6, 6.07) is 21.9. The summed E-state index contributed by atoms with van der Waals surface area (Å²) in [5.74, 6) is 4.69. The Labute approximate surface area is 524 Å². The van der Waals surface area contributed by atoms with E-state index in [1.807, 2.05) is 64.1 Å². The Kier molecular flexibility index (Phi) is 26.0. The van der Waals surface area contributed by atoms with E-state index in [1.54, 1.807) is 44.0 Å². The Morgan fingerprint density at radius 2 is 1.75 bits per heavy atom. The minimum absolute atomic E-state index is 0.0203. The molecule has 2 unspecified atom stereocenters. The SMILES string of the molecule is CCN=c1cc2oc3cc(NCC)c(C)cc3c(-c3ccccc3C(=O)N(C)CCCC(=O)NCCNC(=O)c3cccc(OCC(N=[N+]=[N-])OCCOCC(=O)NCC#Cc4cn([C@H]5CC(O[C@H](C)OCC)[C@@H](COP(=O)(O)O)O5)c(=O)[nH]c4=O)c3)c-2cc1C. The standard InChI is InChI=1S/C62H76N11O17P/c1-8-64-48-31-50-46(28-38(48)4)58(47-29-39(5)49(65-9-2)32-51(47)89-50)44-19-11-12-20-45(44)61(78)72(7)25-15-21-54(74)67-23-24-68-59(76)41-16-13-18-43(30-41)86-37-56(70-71-63)85-27-26-83-36-55(75)66-22-14-17-42-34-73(62(79)69-60(42)77)57-33-52(88-40(6)84-10-3)53(90-57)35-87-91(80,81)82/h11-13,16,18-20,28-32,34,40,52-53,56-57,64H,8-10,15,21-27,33,35-37H2,1-7H3,(H,66,75)(H,67,74)(H,68,76)(H,69,77,79)(H2,80,81,82)/t40-,52?,53-,56?,57-/m1/s1. The normalized spacial score (nSPS) is 15.5. The maximum Gasteiger partial charge on any atom is 0.469 e. The molecule has 7 rings (SSSR count). The number of carbonyl (C=O) groups is 4. The highest BCUT2D eigenvalue weighted by molar-refractivity contribution is 7.46. The molecule has 3 heterocycles. The predicted molar refractivity (Wildman–Crippen MR) is 335 cm³/mol. The minimum atomic E-state index is -4.87. The van der Waals surface area contributed by atoms with Crippen LogP contribution in [0.1, 0.15) is 90.6 Å². The molecular formula is C62H76N11O17P. The first-order chi connectivity index (χ1) is 43.7. The van der Waals surface area contributed by atoms with Crippen LogP contribution in [-0.4, -0.2) is 159 Å². The zero-order chi connectivity index (χ0) is 65.6. The number of ether oxygens (including phenoxy) is 6. The van der Waals surface area contributed by atoms with Crippen molar-refractivity contribution >= 4 is 48.1 Å². The summed E-state index contributed by atoms with van der Waals surface area (Å²) >= 11 is 0. The van der Waals surface area contributed by atoms with Crippen molar-refractivity contribution in [3.05, 3.63) is 143 Å². The number of aromatic amines is 1. The predicted octanol–water partition coefficient (Wildman–Crippen LogP) is 5.80. The number of nitrogens with one attached hydrogen (secondary N) is 5. The molecule has 91 heavy (non-hydrogen) atoms. The molecule has 0 bridgehead atoms. The van der Waals surface area contributed by atoms with Crippen molar-refractivity contribution < 1.29 is 70.9 Å². The van der Waals surface area contributed by atoms with E-state index in [0.717, 1.165) is 61.6 Å². The molecule has 3 aromatic carbocycles. The first-order valence-corrected chi connectivity index (χ1v) is 31.1. The van der Waals surface area contributed by atoms with Gasteiger partial charge < -0.3 is 68.8 Å². The summed E-state index contributed by atoms with van der Waals surface area (Å²) in [4.78, 5) is 108. The van der Waals surface area contributed by atoms with Crippen molar-refractivity contribution in [2.75, 3.05) is 91.3 Å². The van der Waals surface area contributed by atoms with Crippen LogP contribution < -0.4 is 42.6 Å². The maximum absolute atomic E-state index is 14.3. The number of hydrogen-bond acceptors (Lipinski definition) is 18. The van der Waals surface area contributed by atoms with Gasteiger partial charge in [0, 0.05) is 116 Å². The molecule has 1 aliphatic carbocycles. The number of aryl methyl sites for hydroxylation is 2. The molecule has 7 N–H and O–H groups in total. The lowest BCUT2D eigenvalue weighted by Crippen LogP contribution is -2.35. The first kappa shape index (κ1) is 69.8. The van der Waals surface area contributed by atoms with Gasteiger partial charge in [0.25, 0.3) is 17.4 Å². The molecule has 29 heteroatoms. The zero-order valence-corrected chi connectivity index (χ0v) is 52.5. The third-order valence-electron chi connectivity index (χ3n) is 14.2. The molecule has 5 atom stereocenters. The number of rotatable bonds is 32. The molecule has 1 fully saturated rings. The van der Waals surface area contributed by atoms with Crippen LogP contribution in [0.5, 0.6) is 5.75 Å². The average molecular weight is 1280 g/mol. The second kappa shape index (κ2) is 33.9. The van der Waals surface area contributed by atoms with Gasteiger partial charge in [-0.2, -0.15) is 0 Å². The van der Waals surface area contributed by atoms with Crippen molar-refractivity contribution in [1.82, 2.24) is 30.4 Å². The Balaban J connectivity index is 0.806. The van der Waals surface area contributed by atoms with Crippen LogP contribution in [0.25, 0.3) is 43.9 Å². The first-order valence-electron chi connectivity index (χ1n) is 29.6. The number of hydrogen-bond donors (Lipinski definition) is 7. The lowest BCUT2D eigenvalue weighted by atomic mass is 9.89. The monoisotopic (exact) mass is 1280 g/mol. The number of fused-ring (bicyclic) bond motifs is 2. The molecule has 28 nitrogen and oxygen atoms in total. The third kappa shape index (κ3) is 20.1. The number of carbonyl (C=O) groups excluding carboxylic acids is 4. The number of benzene rings is 4. The van der Waals surface area contributed by atoms with Crippen molar-refractivity contribution in [1.29, 1.82) is 0 Å². The number of phosphoric acid groups is 1. The van der Waals surface area contributed by atoms with Crippen LogP contribution >= 0.6 is 7.82 Å². The Morgan fingerprint density at radius 1 is 0.956 bits per heavy atom. The molecule has 1 aromatic heterocycles. The molecule has 1 saturated heterocycles. The highest BCUT2D eigenvalue weighted by Gasteiger charge is 2.40. The van der Waals surface area contributed by atoms with E-state index in [4.69, 9.17) is 38.4 Å². The van der Waals surface area contributed by atoms with Crippen molar-refractivity contribution in [2.45, 2.75) is 91.8 Å². The van der Waals surface area contributed by atoms with Gasteiger partial charge in [0.2, 0.25) is 11.8 Å². The lowest BCUT2D eigenvalue weighted by Gasteiger charge is -2.22. The number of azide groups is 1. The van der Waals surface area contributed by atoms with Crippen LogP contribution in [0, 0.1) is 25.7 Å².